The van der Waals surface area contributed by atoms with E-state index in [1.807, 2.05) is 19.9 Å². The summed E-state index contributed by atoms with van der Waals surface area (Å²) in [5.41, 5.74) is 2.14. The highest BCUT2D eigenvalue weighted by atomic mass is 19.1. The molecule has 0 radical (unpaired) electrons. The minimum absolute atomic E-state index is 0.0550. The van der Waals surface area contributed by atoms with E-state index in [9.17, 15) is 4.39 Å². The van der Waals surface area contributed by atoms with Crippen molar-refractivity contribution in [1.29, 1.82) is 0 Å². The summed E-state index contributed by atoms with van der Waals surface area (Å²) in [7, 11) is 0. The molecule has 0 aliphatic rings. The maximum Gasteiger partial charge on any atom is 0.123 e. The number of aryl methyl sites for hydroxylation is 1. The molecule has 0 aliphatic heterocycles. The van der Waals surface area contributed by atoms with Crippen LogP contribution >= 0.6 is 0 Å². The van der Waals surface area contributed by atoms with E-state index >= 15 is 0 Å². The fourth-order valence-corrected chi connectivity index (χ4v) is 1.96. The maximum absolute atomic E-state index is 12.9. The average Bonchev–Trinajstić information content (AvgIpc) is 2.74. The lowest BCUT2D eigenvalue weighted by Gasteiger charge is -2.17. The number of benzene rings is 1. The van der Waals surface area contributed by atoms with Crippen LogP contribution in [0.4, 0.5) is 4.39 Å². The molecular weight excluding hydrogens is 217 g/mol. The molecule has 1 unspecified atom stereocenters. The van der Waals surface area contributed by atoms with E-state index in [0.717, 1.165) is 23.4 Å². The first-order valence-corrected chi connectivity index (χ1v) is 5.75. The maximum atomic E-state index is 12.9. The highest BCUT2D eigenvalue weighted by Gasteiger charge is 2.16. The van der Waals surface area contributed by atoms with Gasteiger partial charge in [-0.05, 0) is 37.2 Å². The van der Waals surface area contributed by atoms with Crippen LogP contribution in [-0.2, 0) is 0 Å². The third-order valence-electron chi connectivity index (χ3n) is 2.82. The van der Waals surface area contributed by atoms with Gasteiger partial charge in [0.25, 0.3) is 0 Å². The Hall–Kier alpha value is -1.61. The van der Waals surface area contributed by atoms with Gasteiger partial charge in [0.1, 0.15) is 11.6 Å². The lowest BCUT2D eigenvalue weighted by atomic mass is 9.99. The quantitative estimate of drug-likeness (QED) is 0.875. The Morgan fingerprint density at radius 3 is 2.47 bits per heavy atom. The molecule has 0 fully saturated rings. The van der Waals surface area contributed by atoms with Gasteiger partial charge in [-0.2, -0.15) is 0 Å². The van der Waals surface area contributed by atoms with E-state index in [0.29, 0.717) is 0 Å². The highest BCUT2D eigenvalue weighted by molar-refractivity contribution is 5.32. The zero-order chi connectivity index (χ0) is 12.3. The standard InChI is InChI=1S/C14H16FNO/c1-3-16-14(13-8-9-17-10(13)2)11-4-6-12(15)7-5-11/h4-9,14,16H,3H2,1-2H3. The van der Waals surface area contributed by atoms with Gasteiger partial charge >= 0.3 is 0 Å². The normalized spacial score (nSPS) is 12.6. The second-order valence-electron chi connectivity index (χ2n) is 3.97. The lowest BCUT2D eigenvalue weighted by molar-refractivity contribution is 0.519. The summed E-state index contributed by atoms with van der Waals surface area (Å²) < 4.78 is 18.2. The first-order chi connectivity index (χ1) is 8.22. The van der Waals surface area contributed by atoms with E-state index in [2.05, 4.69) is 5.32 Å². The van der Waals surface area contributed by atoms with Gasteiger partial charge in [0.2, 0.25) is 0 Å². The Labute approximate surface area is 100 Å². The molecule has 2 aromatic rings. The smallest absolute Gasteiger partial charge is 0.123 e. The molecule has 1 aromatic carbocycles. The van der Waals surface area contributed by atoms with Crippen LogP contribution in [0.1, 0.15) is 29.9 Å². The van der Waals surface area contributed by atoms with Crippen molar-refractivity contribution in [3.8, 4) is 0 Å². The predicted molar refractivity (Wildman–Crippen MR) is 65.4 cm³/mol. The van der Waals surface area contributed by atoms with Crippen LogP contribution < -0.4 is 5.32 Å². The zero-order valence-electron chi connectivity index (χ0n) is 10.0. The third kappa shape index (κ3) is 2.56. The van der Waals surface area contributed by atoms with Gasteiger partial charge in [0.15, 0.2) is 0 Å². The molecule has 0 saturated heterocycles. The van der Waals surface area contributed by atoms with Crippen molar-refractivity contribution in [1.82, 2.24) is 5.32 Å². The monoisotopic (exact) mass is 233 g/mol. The Morgan fingerprint density at radius 2 is 1.94 bits per heavy atom. The van der Waals surface area contributed by atoms with Crippen LogP contribution in [-0.4, -0.2) is 6.54 Å². The Kier molecular flexibility index (Phi) is 3.59. The number of hydrogen-bond acceptors (Lipinski definition) is 2. The fourth-order valence-electron chi connectivity index (χ4n) is 1.96. The summed E-state index contributed by atoms with van der Waals surface area (Å²) in [6.07, 6.45) is 1.68. The van der Waals surface area contributed by atoms with Crippen molar-refractivity contribution in [2.45, 2.75) is 19.9 Å². The van der Waals surface area contributed by atoms with E-state index in [4.69, 9.17) is 4.42 Å². The second kappa shape index (κ2) is 5.15. The van der Waals surface area contributed by atoms with Crippen LogP contribution in [0.25, 0.3) is 0 Å². The second-order valence-corrected chi connectivity index (χ2v) is 3.97. The number of rotatable bonds is 4. The molecule has 2 nitrogen and oxygen atoms in total. The van der Waals surface area contributed by atoms with E-state index in [-0.39, 0.29) is 11.9 Å². The molecule has 0 amide bonds. The highest BCUT2D eigenvalue weighted by Crippen LogP contribution is 2.25. The van der Waals surface area contributed by atoms with Crippen molar-refractivity contribution in [3.63, 3.8) is 0 Å². The largest absolute Gasteiger partial charge is 0.469 e. The van der Waals surface area contributed by atoms with Gasteiger partial charge in [-0.3, -0.25) is 0 Å². The summed E-state index contributed by atoms with van der Waals surface area (Å²) >= 11 is 0. The first kappa shape index (κ1) is 11.9. The summed E-state index contributed by atoms with van der Waals surface area (Å²) in [5.74, 6) is 0.674. The van der Waals surface area contributed by atoms with Gasteiger partial charge in [0, 0.05) is 5.56 Å². The molecule has 0 spiro atoms. The topological polar surface area (TPSA) is 25.2 Å². The molecule has 1 heterocycles. The first-order valence-electron chi connectivity index (χ1n) is 5.75. The molecule has 0 bridgehead atoms. The van der Waals surface area contributed by atoms with Crippen LogP contribution in [0.15, 0.2) is 41.0 Å². The number of furan rings is 1. The van der Waals surface area contributed by atoms with Crippen molar-refractivity contribution in [3.05, 3.63) is 59.3 Å². The van der Waals surface area contributed by atoms with Gasteiger partial charge in [-0.15, -0.1) is 0 Å². The SMILES string of the molecule is CCNC(c1ccc(F)cc1)c1ccoc1C. The van der Waals surface area contributed by atoms with Crippen molar-refractivity contribution < 1.29 is 8.81 Å². The number of nitrogens with one attached hydrogen (secondary N) is 1. The molecule has 0 aliphatic carbocycles. The molecule has 2 rings (SSSR count). The summed E-state index contributed by atoms with van der Waals surface area (Å²) in [4.78, 5) is 0. The Balaban J connectivity index is 2.35. The molecule has 3 heteroatoms. The van der Waals surface area contributed by atoms with E-state index < -0.39 is 0 Å². The minimum Gasteiger partial charge on any atom is -0.469 e. The van der Waals surface area contributed by atoms with Crippen LogP contribution in [0.5, 0.6) is 0 Å². The van der Waals surface area contributed by atoms with E-state index in [1.165, 1.54) is 12.1 Å². The molecule has 90 valence electrons. The average molecular weight is 233 g/mol. The van der Waals surface area contributed by atoms with Gasteiger partial charge in [-0.25, -0.2) is 4.39 Å². The zero-order valence-corrected chi connectivity index (χ0v) is 10.0. The fraction of sp³-hybridized carbons (Fsp3) is 0.286. The van der Waals surface area contributed by atoms with Crippen molar-refractivity contribution >= 4 is 0 Å². The predicted octanol–water partition coefficient (Wildman–Crippen LogP) is 3.43. The third-order valence-corrected chi connectivity index (χ3v) is 2.82. The van der Waals surface area contributed by atoms with Crippen LogP contribution in [0.2, 0.25) is 0 Å². The van der Waals surface area contributed by atoms with Gasteiger partial charge in [-0.1, -0.05) is 19.1 Å². The van der Waals surface area contributed by atoms with Crippen molar-refractivity contribution in [2.75, 3.05) is 6.54 Å². The Morgan fingerprint density at radius 1 is 1.24 bits per heavy atom. The summed E-state index contributed by atoms with van der Waals surface area (Å²) in [5, 5.41) is 3.38. The van der Waals surface area contributed by atoms with E-state index in [1.54, 1.807) is 18.4 Å². The Bertz CT molecular complexity index is 475. The van der Waals surface area contributed by atoms with Gasteiger partial charge < -0.3 is 9.73 Å². The summed E-state index contributed by atoms with van der Waals surface area (Å²) in [6.45, 7) is 4.82. The molecule has 0 saturated carbocycles. The molecule has 17 heavy (non-hydrogen) atoms. The molecule has 1 aromatic heterocycles. The molecule has 1 N–H and O–H groups in total. The molecule has 1 atom stereocenters. The number of hydrogen-bond donors (Lipinski definition) is 1. The van der Waals surface area contributed by atoms with Crippen LogP contribution in [0.3, 0.4) is 0 Å². The van der Waals surface area contributed by atoms with Gasteiger partial charge in [0.05, 0.1) is 12.3 Å². The van der Waals surface area contributed by atoms with Crippen LogP contribution in [0, 0.1) is 12.7 Å². The number of halogens is 1. The van der Waals surface area contributed by atoms with Crippen molar-refractivity contribution in [2.24, 2.45) is 0 Å². The lowest BCUT2D eigenvalue weighted by Crippen LogP contribution is -2.22. The minimum atomic E-state index is -0.215. The molecular formula is C14H16FNO. The summed E-state index contributed by atoms with van der Waals surface area (Å²) in [6, 6.07) is 8.57.